The molecule has 0 saturated carbocycles. The van der Waals surface area contributed by atoms with Crippen molar-refractivity contribution in [1.29, 1.82) is 0 Å². The second-order valence-electron chi connectivity index (χ2n) is 10.5. The van der Waals surface area contributed by atoms with Crippen LogP contribution in [0.4, 0.5) is 0 Å². The largest absolute Gasteiger partial charge is 0.361 e. The molecule has 2 N–H and O–H groups in total. The quantitative estimate of drug-likeness (QED) is 0.487. The van der Waals surface area contributed by atoms with Crippen molar-refractivity contribution >= 4 is 34.3 Å². The lowest BCUT2D eigenvalue weighted by Gasteiger charge is -2.45. The van der Waals surface area contributed by atoms with Crippen molar-refractivity contribution in [3.63, 3.8) is 0 Å². The molecular formula is C28H34ClN3O2. The monoisotopic (exact) mass is 479 g/mol. The third-order valence-corrected chi connectivity index (χ3v) is 7.34. The van der Waals surface area contributed by atoms with Crippen LogP contribution >= 0.6 is 11.6 Å². The number of likely N-dealkylation sites (tertiary alicyclic amines) is 1. The summed E-state index contributed by atoms with van der Waals surface area (Å²) in [7, 11) is 0. The zero-order valence-electron chi connectivity index (χ0n) is 20.4. The molecule has 4 rings (SSSR count). The Morgan fingerprint density at radius 2 is 1.85 bits per heavy atom. The van der Waals surface area contributed by atoms with E-state index < -0.39 is 6.04 Å². The van der Waals surface area contributed by atoms with E-state index in [1.807, 2.05) is 61.3 Å². The fraction of sp³-hybridized carbons (Fsp3) is 0.429. The number of aromatic amines is 1. The van der Waals surface area contributed by atoms with Gasteiger partial charge in [0.15, 0.2) is 0 Å². The predicted octanol–water partition coefficient (Wildman–Crippen LogP) is 5.55. The minimum absolute atomic E-state index is 0.00322. The first-order valence-corrected chi connectivity index (χ1v) is 12.4. The SMILES string of the molecule is CC(C)[C@@H](NC(=O)Cc1c[nH]c2ccccc12)C(=O)N1CCC(c2ccc(Cl)cc2)C(C)(C)C1. The van der Waals surface area contributed by atoms with Gasteiger partial charge in [0.25, 0.3) is 0 Å². The number of piperidine rings is 1. The lowest BCUT2D eigenvalue weighted by molar-refractivity contribution is -0.140. The molecule has 2 aromatic carbocycles. The number of halogens is 1. The second kappa shape index (κ2) is 9.83. The molecule has 0 bridgehead atoms. The molecule has 2 atom stereocenters. The number of amides is 2. The van der Waals surface area contributed by atoms with Crippen molar-refractivity contribution in [2.75, 3.05) is 13.1 Å². The van der Waals surface area contributed by atoms with Crippen LogP contribution in [-0.4, -0.2) is 40.8 Å². The van der Waals surface area contributed by atoms with Crippen molar-refractivity contribution in [1.82, 2.24) is 15.2 Å². The molecule has 0 radical (unpaired) electrons. The molecule has 3 aromatic rings. The zero-order chi connectivity index (χ0) is 24.5. The predicted molar refractivity (Wildman–Crippen MR) is 138 cm³/mol. The van der Waals surface area contributed by atoms with Gasteiger partial charge in [-0.05, 0) is 53.0 Å². The molecule has 1 aliphatic rings. The average molecular weight is 480 g/mol. The van der Waals surface area contributed by atoms with Gasteiger partial charge in [-0.1, -0.05) is 69.6 Å². The number of aromatic nitrogens is 1. The molecule has 1 unspecified atom stereocenters. The lowest BCUT2D eigenvalue weighted by Crippen LogP contribution is -2.56. The van der Waals surface area contributed by atoms with Gasteiger partial charge in [-0.15, -0.1) is 0 Å². The number of carbonyl (C=O) groups excluding carboxylic acids is 2. The molecule has 0 aliphatic carbocycles. The van der Waals surface area contributed by atoms with Gasteiger partial charge in [0.2, 0.25) is 11.8 Å². The fourth-order valence-electron chi connectivity index (χ4n) is 5.24. The molecule has 34 heavy (non-hydrogen) atoms. The molecule has 1 fully saturated rings. The van der Waals surface area contributed by atoms with Gasteiger partial charge < -0.3 is 15.2 Å². The first-order valence-electron chi connectivity index (χ1n) is 12.0. The second-order valence-corrected chi connectivity index (χ2v) is 10.9. The summed E-state index contributed by atoms with van der Waals surface area (Å²) in [5.74, 6) is 0.219. The molecule has 5 nitrogen and oxygen atoms in total. The Hall–Kier alpha value is -2.79. The molecule has 0 spiro atoms. The van der Waals surface area contributed by atoms with Crippen LogP contribution in [0.25, 0.3) is 10.9 Å². The molecule has 1 aromatic heterocycles. The average Bonchev–Trinajstić information content (AvgIpc) is 3.20. The highest BCUT2D eigenvalue weighted by molar-refractivity contribution is 6.30. The van der Waals surface area contributed by atoms with E-state index in [9.17, 15) is 9.59 Å². The molecule has 1 saturated heterocycles. The standard InChI is InChI=1S/C28H34ClN3O2/c1-18(2)26(31-25(33)15-20-16-30-24-8-6-5-7-22(20)24)27(34)32-14-13-23(28(3,4)17-32)19-9-11-21(29)12-10-19/h5-12,16,18,23,26,30H,13-15,17H2,1-4H3,(H,31,33)/t23?,26-/m1/s1. The van der Waals surface area contributed by atoms with Crippen LogP contribution in [0.5, 0.6) is 0 Å². The number of nitrogens with one attached hydrogen (secondary N) is 2. The normalized spacial score (nSPS) is 18.8. The number of carbonyl (C=O) groups is 2. The zero-order valence-corrected chi connectivity index (χ0v) is 21.2. The Balaban J connectivity index is 1.43. The number of hydrogen-bond acceptors (Lipinski definition) is 2. The summed E-state index contributed by atoms with van der Waals surface area (Å²) < 4.78 is 0. The first kappa shape index (κ1) is 24.3. The molecule has 1 aliphatic heterocycles. The van der Waals surface area contributed by atoms with Crippen molar-refractivity contribution in [2.24, 2.45) is 11.3 Å². The van der Waals surface area contributed by atoms with Crippen LogP contribution in [-0.2, 0) is 16.0 Å². The Bertz CT molecular complexity index is 1170. The Morgan fingerprint density at radius 1 is 1.15 bits per heavy atom. The summed E-state index contributed by atoms with van der Waals surface area (Å²) in [5.41, 5.74) is 3.12. The van der Waals surface area contributed by atoms with Gasteiger partial charge >= 0.3 is 0 Å². The van der Waals surface area contributed by atoms with E-state index in [0.717, 1.165) is 27.9 Å². The van der Waals surface area contributed by atoms with Crippen LogP contribution in [0.2, 0.25) is 5.02 Å². The number of rotatable bonds is 6. The molecule has 2 amide bonds. The van der Waals surface area contributed by atoms with Gasteiger partial charge in [0, 0.05) is 35.2 Å². The van der Waals surface area contributed by atoms with Gasteiger partial charge in [0.05, 0.1) is 6.42 Å². The first-order chi connectivity index (χ1) is 16.2. The fourth-order valence-corrected chi connectivity index (χ4v) is 5.37. The number of benzene rings is 2. The van der Waals surface area contributed by atoms with Gasteiger partial charge in [0.1, 0.15) is 6.04 Å². The highest BCUT2D eigenvalue weighted by atomic mass is 35.5. The van der Waals surface area contributed by atoms with E-state index in [0.29, 0.717) is 19.0 Å². The van der Waals surface area contributed by atoms with E-state index in [4.69, 9.17) is 11.6 Å². The van der Waals surface area contributed by atoms with E-state index in [1.54, 1.807) is 0 Å². The highest BCUT2D eigenvalue weighted by Gasteiger charge is 2.40. The Labute approximate surface area is 206 Å². The topological polar surface area (TPSA) is 65.2 Å². The number of para-hydroxylation sites is 1. The maximum Gasteiger partial charge on any atom is 0.245 e. The minimum atomic E-state index is -0.541. The smallest absolute Gasteiger partial charge is 0.245 e. The maximum absolute atomic E-state index is 13.6. The van der Waals surface area contributed by atoms with E-state index >= 15 is 0 Å². The maximum atomic E-state index is 13.6. The third-order valence-electron chi connectivity index (χ3n) is 7.09. The third kappa shape index (κ3) is 5.15. The van der Waals surface area contributed by atoms with Crippen LogP contribution in [0.1, 0.15) is 51.2 Å². The van der Waals surface area contributed by atoms with Crippen molar-refractivity contribution in [3.8, 4) is 0 Å². The van der Waals surface area contributed by atoms with Crippen LogP contribution in [0, 0.1) is 11.3 Å². The minimum Gasteiger partial charge on any atom is -0.361 e. The summed E-state index contributed by atoms with van der Waals surface area (Å²) in [6.07, 6.45) is 3.00. The summed E-state index contributed by atoms with van der Waals surface area (Å²) in [5, 5.41) is 4.81. The van der Waals surface area contributed by atoms with E-state index in [2.05, 4.69) is 36.3 Å². The lowest BCUT2D eigenvalue weighted by atomic mass is 9.70. The number of nitrogens with zero attached hydrogens (tertiary/aromatic N) is 1. The van der Waals surface area contributed by atoms with E-state index in [-0.39, 0.29) is 29.6 Å². The highest BCUT2D eigenvalue weighted by Crippen LogP contribution is 2.42. The number of hydrogen-bond donors (Lipinski definition) is 2. The molecule has 6 heteroatoms. The van der Waals surface area contributed by atoms with Crippen molar-refractivity contribution in [2.45, 2.75) is 52.5 Å². The van der Waals surface area contributed by atoms with Gasteiger partial charge in [-0.2, -0.15) is 0 Å². The molecule has 2 heterocycles. The van der Waals surface area contributed by atoms with Crippen molar-refractivity contribution in [3.05, 3.63) is 70.9 Å². The number of fused-ring (bicyclic) bond motifs is 1. The summed E-state index contributed by atoms with van der Waals surface area (Å²) >= 11 is 6.08. The van der Waals surface area contributed by atoms with Crippen molar-refractivity contribution < 1.29 is 9.59 Å². The molecular weight excluding hydrogens is 446 g/mol. The van der Waals surface area contributed by atoms with Crippen LogP contribution < -0.4 is 5.32 Å². The summed E-state index contributed by atoms with van der Waals surface area (Å²) in [4.78, 5) is 31.6. The van der Waals surface area contributed by atoms with Gasteiger partial charge in [-0.3, -0.25) is 9.59 Å². The Morgan fingerprint density at radius 3 is 2.53 bits per heavy atom. The summed E-state index contributed by atoms with van der Waals surface area (Å²) in [6.45, 7) is 9.73. The van der Waals surface area contributed by atoms with E-state index in [1.165, 1.54) is 5.56 Å². The number of H-pyrrole nitrogens is 1. The van der Waals surface area contributed by atoms with Crippen LogP contribution in [0.3, 0.4) is 0 Å². The van der Waals surface area contributed by atoms with Crippen LogP contribution in [0.15, 0.2) is 54.7 Å². The van der Waals surface area contributed by atoms with Gasteiger partial charge in [-0.25, -0.2) is 0 Å². The Kier molecular flexibility index (Phi) is 7.04. The summed E-state index contributed by atoms with van der Waals surface area (Å²) in [6, 6.07) is 15.4. The molecule has 180 valence electrons.